The molecule has 102 valence electrons. The fourth-order valence-corrected chi connectivity index (χ4v) is 3.05. The molecule has 0 aliphatic carbocycles. The molecule has 2 aliphatic rings. The second-order valence-electron chi connectivity index (χ2n) is 5.22. The van der Waals surface area contributed by atoms with Gasteiger partial charge in [-0.3, -0.25) is 9.59 Å². The van der Waals surface area contributed by atoms with Crippen molar-refractivity contribution in [3.05, 3.63) is 24.2 Å². The Bertz CT molecular complexity index is 483. The predicted octanol–water partition coefficient (Wildman–Crippen LogP) is 1.56. The van der Waals surface area contributed by atoms with Gasteiger partial charge >= 0.3 is 0 Å². The summed E-state index contributed by atoms with van der Waals surface area (Å²) in [4.78, 5) is 28.2. The lowest BCUT2D eigenvalue weighted by atomic mass is 10.1. The van der Waals surface area contributed by atoms with Crippen molar-refractivity contribution in [3.63, 3.8) is 0 Å². The highest BCUT2D eigenvalue weighted by atomic mass is 16.3. The summed E-state index contributed by atoms with van der Waals surface area (Å²) < 4.78 is 5.38. The first-order valence-electron chi connectivity index (χ1n) is 6.82. The minimum Gasteiger partial charge on any atom is -0.467 e. The Morgan fingerprint density at radius 1 is 1.37 bits per heavy atom. The minimum absolute atomic E-state index is 0.0623. The van der Waals surface area contributed by atoms with Crippen molar-refractivity contribution < 1.29 is 14.0 Å². The number of fused-ring (bicyclic) bond motifs is 1. The molecule has 2 unspecified atom stereocenters. The van der Waals surface area contributed by atoms with Crippen molar-refractivity contribution >= 4 is 11.8 Å². The highest BCUT2D eigenvalue weighted by Crippen LogP contribution is 2.29. The molecule has 0 aromatic carbocycles. The van der Waals surface area contributed by atoms with Crippen LogP contribution in [-0.2, 0) is 9.59 Å². The first kappa shape index (κ1) is 12.3. The van der Waals surface area contributed by atoms with Crippen LogP contribution in [0.4, 0.5) is 0 Å². The van der Waals surface area contributed by atoms with Gasteiger partial charge in [0.25, 0.3) is 0 Å². The molecule has 3 heterocycles. The van der Waals surface area contributed by atoms with Crippen LogP contribution < -0.4 is 0 Å². The summed E-state index contributed by atoms with van der Waals surface area (Å²) in [5, 5.41) is 0. The SMILES string of the molecule is CC(c1ccco1)N1CCC(=O)N2CCCC2C1=O. The molecular weight excluding hydrogens is 244 g/mol. The first-order chi connectivity index (χ1) is 9.18. The van der Waals surface area contributed by atoms with Crippen molar-refractivity contribution in [2.75, 3.05) is 13.1 Å². The average Bonchev–Trinajstić information content (AvgIpc) is 3.07. The van der Waals surface area contributed by atoms with Crippen LogP contribution >= 0.6 is 0 Å². The second-order valence-corrected chi connectivity index (χ2v) is 5.22. The molecule has 2 amide bonds. The fraction of sp³-hybridized carbons (Fsp3) is 0.571. The number of nitrogens with zero attached hydrogens (tertiary/aromatic N) is 2. The van der Waals surface area contributed by atoms with E-state index in [1.807, 2.05) is 19.1 Å². The van der Waals surface area contributed by atoms with E-state index >= 15 is 0 Å². The van der Waals surface area contributed by atoms with Gasteiger partial charge in [0.2, 0.25) is 11.8 Å². The molecule has 19 heavy (non-hydrogen) atoms. The first-order valence-corrected chi connectivity index (χ1v) is 6.82. The Morgan fingerprint density at radius 2 is 2.21 bits per heavy atom. The van der Waals surface area contributed by atoms with Crippen molar-refractivity contribution in [2.24, 2.45) is 0 Å². The predicted molar refractivity (Wildman–Crippen MR) is 68.2 cm³/mol. The van der Waals surface area contributed by atoms with Crippen molar-refractivity contribution in [3.8, 4) is 0 Å². The largest absolute Gasteiger partial charge is 0.467 e. The summed E-state index contributed by atoms with van der Waals surface area (Å²) in [5.74, 6) is 0.935. The van der Waals surface area contributed by atoms with Crippen molar-refractivity contribution in [2.45, 2.75) is 38.3 Å². The molecule has 0 saturated carbocycles. The normalized spacial score (nSPS) is 25.4. The van der Waals surface area contributed by atoms with Gasteiger partial charge in [0.05, 0.1) is 12.3 Å². The quantitative estimate of drug-likeness (QED) is 0.812. The molecule has 2 aliphatic heterocycles. The standard InChI is InChI=1S/C14H18N2O3/c1-10(12-5-3-9-19-12)15-8-6-13(17)16-7-2-4-11(16)14(15)18/h3,5,9-11H,2,4,6-8H2,1H3. The molecule has 2 fully saturated rings. The Morgan fingerprint density at radius 3 is 2.95 bits per heavy atom. The third-order valence-electron chi connectivity index (χ3n) is 4.13. The molecule has 0 N–H and O–H groups in total. The van der Waals surface area contributed by atoms with E-state index in [1.165, 1.54) is 0 Å². The van der Waals surface area contributed by atoms with E-state index < -0.39 is 0 Å². The summed E-state index contributed by atoms with van der Waals surface area (Å²) in [6.45, 7) is 3.15. The Labute approximate surface area is 112 Å². The van der Waals surface area contributed by atoms with Crippen LogP contribution in [-0.4, -0.2) is 40.7 Å². The molecule has 0 radical (unpaired) electrons. The summed E-state index contributed by atoms with van der Waals surface area (Å²) in [7, 11) is 0. The molecule has 2 saturated heterocycles. The van der Waals surface area contributed by atoms with E-state index in [4.69, 9.17) is 4.42 Å². The number of carbonyl (C=O) groups is 2. The Balaban J connectivity index is 1.85. The van der Waals surface area contributed by atoms with Crippen LogP contribution in [0.3, 0.4) is 0 Å². The van der Waals surface area contributed by atoms with Crippen molar-refractivity contribution in [1.82, 2.24) is 9.80 Å². The average molecular weight is 262 g/mol. The third-order valence-corrected chi connectivity index (χ3v) is 4.13. The maximum Gasteiger partial charge on any atom is 0.246 e. The van der Waals surface area contributed by atoms with Crippen LogP contribution in [0, 0.1) is 0 Å². The molecule has 1 aromatic heterocycles. The maximum atomic E-state index is 12.6. The molecule has 1 aromatic rings. The van der Waals surface area contributed by atoms with Crippen LogP contribution in [0.5, 0.6) is 0 Å². The smallest absolute Gasteiger partial charge is 0.246 e. The Hall–Kier alpha value is -1.78. The van der Waals surface area contributed by atoms with Crippen LogP contribution in [0.1, 0.15) is 38.0 Å². The summed E-state index contributed by atoms with van der Waals surface area (Å²) in [6.07, 6.45) is 3.73. The highest BCUT2D eigenvalue weighted by Gasteiger charge is 2.41. The number of furan rings is 1. The highest BCUT2D eigenvalue weighted by molar-refractivity contribution is 5.90. The summed E-state index contributed by atoms with van der Waals surface area (Å²) in [6, 6.07) is 3.32. The Kier molecular flexibility index (Phi) is 3.05. The number of hydrogen-bond donors (Lipinski definition) is 0. The summed E-state index contributed by atoms with van der Waals surface area (Å²) in [5.41, 5.74) is 0. The van der Waals surface area contributed by atoms with Gasteiger partial charge < -0.3 is 14.2 Å². The molecule has 0 bridgehead atoms. The van der Waals surface area contributed by atoms with Crippen molar-refractivity contribution in [1.29, 1.82) is 0 Å². The molecule has 5 heteroatoms. The monoisotopic (exact) mass is 262 g/mol. The number of rotatable bonds is 2. The van der Waals surface area contributed by atoms with Gasteiger partial charge in [0, 0.05) is 19.5 Å². The minimum atomic E-state index is -0.257. The van der Waals surface area contributed by atoms with Gasteiger partial charge in [-0.05, 0) is 31.9 Å². The summed E-state index contributed by atoms with van der Waals surface area (Å²) >= 11 is 0. The molecule has 0 spiro atoms. The van der Waals surface area contributed by atoms with Gasteiger partial charge in [0.15, 0.2) is 0 Å². The van der Waals surface area contributed by atoms with Crippen LogP contribution in [0.15, 0.2) is 22.8 Å². The fourth-order valence-electron chi connectivity index (χ4n) is 3.05. The van der Waals surface area contributed by atoms with E-state index in [0.29, 0.717) is 13.0 Å². The third kappa shape index (κ3) is 2.03. The topological polar surface area (TPSA) is 53.8 Å². The lowest BCUT2D eigenvalue weighted by molar-refractivity contribution is -0.140. The number of amides is 2. The van der Waals surface area contributed by atoms with E-state index in [0.717, 1.165) is 25.1 Å². The van der Waals surface area contributed by atoms with Gasteiger partial charge in [-0.15, -0.1) is 0 Å². The van der Waals surface area contributed by atoms with E-state index in [2.05, 4.69) is 0 Å². The van der Waals surface area contributed by atoms with Gasteiger partial charge in [-0.2, -0.15) is 0 Å². The zero-order valence-corrected chi connectivity index (χ0v) is 11.0. The zero-order valence-electron chi connectivity index (χ0n) is 11.0. The van der Waals surface area contributed by atoms with Gasteiger partial charge in [0.1, 0.15) is 11.8 Å². The zero-order chi connectivity index (χ0) is 13.4. The van der Waals surface area contributed by atoms with Crippen LogP contribution in [0.2, 0.25) is 0 Å². The lowest BCUT2D eigenvalue weighted by Gasteiger charge is -2.29. The lowest BCUT2D eigenvalue weighted by Crippen LogP contribution is -2.44. The maximum absolute atomic E-state index is 12.6. The van der Waals surface area contributed by atoms with Gasteiger partial charge in [-0.1, -0.05) is 0 Å². The molecule has 3 rings (SSSR count). The van der Waals surface area contributed by atoms with Crippen LogP contribution in [0.25, 0.3) is 0 Å². The molecule has 5 nitrogen and oxygen atoms in total. The van der Waals surface area contributed by atoms with E-state index in [9.17, 15) is 9.59 Å². The van der Waals surface area contributed by atoms with E-state index in [-0.39, 0.29) is 23.9 Å². The van der Waals surface area contributed by atoms with E-state index in [1.54, 1.807) is 16.1 Å². The molecule has 2 atom stereocenters. The molecular formula is C14H18N2O3. The second kappa shape index (κ2) is 4.72. The number of hydrogen-bond acceptors (Lipinski definition) is 3. The number of carbonyl (C=O) groups excluding carboxylic acids is 2. The van der Waals surface area contributed by atoms with Gasteiger partial charge in [-0.25, -0.2) is 0 Å².